The molecule has 6 N–H and O–H groups in total. The molecular weight excluding hydrogens is 664 g/mol. The largest absolute Gasteiger partial charge is 0.459 e. The summed E-state index contributed by atoms with van der Waals surface area (Å²) in [6, 6.07) is -0.568. The second-order valence-corrected chi connectivity index (χ2v) is 16.7. The first-order valence-electron chi connectivity index (χ1n) is 18.8. The summed E-state index contributed by atoms with van der Waals surface area (Å²) in [6.07, 6.45) is -8.23. The number of nitrogens with one attached hydrogen (secondary N) is 1. The standard InChI is InChI=1S/C37H70N2O12/c1-14-26-37(10,45)30(41)19(2)18-38-20(3)16-35(8,44)32(51-34-28(40)25(39(11)12)15-21(4)47-34)22(5)29(23(6)33(43)49-26)50-27-17-36(9,46-13)31(42)24(7)48-27/h19-32,34,38,40-42,44-45H,14-18H2,1-13H3/t19-,20-,21?,22-,23+,24?,25?,26+,27-,28?,29-,30-,31-,32-,34-,35?,36?,37?/m0/s1. The van der Waals surface area contributed by atoms with Crippen molar-refractivity contribution in [3.63, 3.8) is 0 Å². The lowest BCUT2D eigenvalue weighted by Crippen LogP contribution is -2.60. The van der Waals surface area contributed by atoms with E-state index in [0.29, 0.717) is 13.0 Å². The molecule has 0 bridgehead atoms. The molecule has 300 valence electrons. The van der Waals surface area contributed by atoms with Gasteiger partial charge in [-0.15, -0.1) is 0 Å². The van der Waals surface area contributed by atoms with Crippen molar-refractivity contribution in [2.45, 2.75) is 185 Å². The summed E-state index contributed by atoms with van der Waals surface area (Å²) in [5, 5.41) is 61.1. The van der Waals surface area contributed by atoms with Crippen molar-refractivity contribution in [2.24, 2.45) is 17.8 Å². The molecule has 0 aliphatic carbocycles. The second kappa shape index (κ2) is 17.6. The molecule has 3 aliphatic heterocycles. The molecule has 3 rings (SSSR count). The van der Waals surface area contributed by atoms with E-state index in [2.05, 4.69) is 5.32 Å². The molecule has 14 heteroatoms. The third-order valence-electron chi connectivity index (χ3n) is 11.7. The number of methoxy groups -OCH3 is 1. The van der Waals surface area contributed by atoms with Crippen molar-refractivity contribution in [3.8, 4) is 0 Å². The van der Waals surface area contributed by atoms with E-state index in [0.717, 1.165) is 0 Å². The fraction of sp³-hybridized carbons (Fsp3) is 0.973. The van der Waals surface area contributed by atoms with Gasteiger partial charge in [0.15, 0.2) is 12.6 Å². The van der Waals surface area contributed by atoms with Gasteiger partial charge in [-0.3, -0.25) is 4.79 Å². The molecule has 0 aromatic carbocycles. The lowest BCUT2D eigenvalue weighted by Gasteiger charge is -2.48. The van der Waals surface area contributed by atoms with Gasteiger partial charge in [-0.2, -0.15) is 0 Å². The van der Waals surface area contributed by atoms with E-state index < -0.39 is 95.8 Å². The van der Waals surface area contributed by atoms with Crippen LogP contribution in [-0.4, -0.2) is 154 Å². The Bertz CT molecular complexity index is 1110. The summed E-state index contributed by atoms with van der Waals surface area (Å²) in [5.74, 6) is -2.90. The Kier molecular flexibility index (Phi) is 15.3. The van der Waals surface area contributed by atoms with Crippen molar-refractivity contribution >= 4 is 5.97 Å². The highest BCUT2D eigenvalue weighted by atomic mass is 16.7. The number of esters is 1. The van der Waals surface area contributed by atoms with Crippen LogP contribution in [0, 0.1) is 17.8 Å². The lowest BCUT2D eigenvalue weighted by atomic mass is 9.78. The number of hydrogen-bond donors (Lipinski definition) is 6. The average molecular weight is 735 g/mol. The molecule has 0 radical (unpaired) electrons. The molecule has 0 saturated carbocycles. The van der Waals surface area contributed by atoms with Gasteiger partial charge in [0.1, 0.15) is 23.9 Å². The number of likely N-dealkylation sites (N-methyl/N-ethyl adjacent to an activating group) is 1. The zero-order valence-corrected chi connectivity index (χ0v) is 33.2. The minimum absolute atomic E-state index is 0.131. The highest BCUT2D eigenvalue weighted by Gasteiger charge is 2.52. The van der Waals surface area contributed by atoms with Crippen LogP contribution in [0.1, 0.15) is 94.9 Å². The Balaban J connectivity index is 2.15. The van der Waals surface area contributed by atoms with Crippen molar-refractivity contribution in [1.29, 1.82) is 0 Å². The summed E-state index contributed by atoms with van der Waals surface area (Å²) in [5.41, 5.74) is -4.38. The molecule has 0 spiro atoms. The van der Waals surface area contributed by atoms with Crippen LogP contribution >= 0.6 is 0 Å². The van der Waals surface area contributed by atoms with Gasteiger partial charge in [-0.05, 0) is 87.7 Å². The molecule has 51 heavy (non-hydrogen) atoms. The van der Waals surface area contributed by atoms with E-state index >= 15 is 0 Å². The first kappa shape index (κ1) is 44.4. The van der Waals surface area contributed by atoms with Crippen molar-refractivity contribution in [3.05, 3.63) is 0 Å². The Morgan fingerprint density at radius 2 is 1.57 bits per heavy atom. The summed E-state index contributed by atoms with van der Waals surface area (Å²) in [4.78, 5) is 16.1. The van der Waals surface area contributed by atoms with Crippen LogP contribution < -0.4 is 5.32 Å². The summed E-state index contributed by atoms with van der Waals surface area (Å²) >= 11 is 0. The summed E-state index contributed by atoms with van der Waals surface area (Å²) in [7, 11) is 5.26. The van der Waals surface area contributed by atoms with Gasteiger partial charge in [0, 0.05) is 38.1 Å². The maximum atomic E-state index is 14.1. The fourth-order valence-electron chi connectivity index (χ4n) is 8.35. The normalized spacial score (nSPS) is 49.9. The number of cyclic esters (lactones) is 1. The fourth-order valence-corrected chi connectivity index (χ4v) is 8.35. The van der Waals surface area contributed by atoms with Crippen LogP contribution in [0.5, 0.6) is 0 Å². The molecule has 0 amide bonds. The molecular formula is C37H70N2O12. The number of carbonyl (C=O) groups excluding carboxylic acids is 1. The SMILES string of the molecule is CC[C@H]1OC(=O)[C@H](C)[C@@H](O[C@H]2CC(C)(OC)[C@@H](O)C(C)O2)[C@H](C)[C@H](O[C@@H]2OC(C)CC(N(C)C)C2O)C(C)(O)C[C@H](C)NC[C@H](C)[C@H](O)C1(C)O. The van der Waals surface area contributed by atoms with Crippen molar-refractivity contribution < 1.29 is 58.7 Å². The number of aliphatic hydroxyl groups excluding tert-OH is 3. The summed E-state index contributed by atoms with van der Waals surface area (Å²) in [6.45, 7) is 17.7. The van der Waals surface area contributed by atoms with Crippen LogP contribution in [0.2, 0.25) is 0 Å². The number of rotatable bonds is 7. The van der Waals surface area contributed by atoms with E-state index in [1.54, 1.807) is 41.5 Å². The zero-order valence-electron chi connectivity index (χ0n) is 33.2. The number of nitrogens with zero attached hydrogens (tertiary/aromatic N) is 1. The monoisotopic (exact) mass is 734 g/mol. The Hall–Kier alpha value is -1.01. The Labute approximate surface area is 305 Å². The highest BCUT2D eigenvalue weighted by molar-refractivity contribution is 5.73. The van der Waals surface area contributed by atoms with Crippen LogP contribution in [-0.2, 0) is 33.2 Å². The smallest absolute Gasteiger partial charge is 0.311 e. The maximum absolute atomic E-state index is 14.1. The molecule has 18 atom stereocenters. The number of aliphatic hydroxyl groups is 5. The van der Waals surface area contributed by atoms with Crippen LogP contribution in [0.3, 0.4) is 0 Å². The van der Waals surface area contributed by atoms with E-state index in [1.807, 2.05) is 39.8 Å². The average Bonchev–Trinajstić information content (AvgIpc) is 3.05. The number of hydrogen-bond acceptors (Lipinski definition) is 14. The van der Waals surface area contributed by atoms with Crippen molar-refractivity contribution in [1.82, 2.24) is 10.2 Å². The highest BCUT2D eigenvalue weighted by Crippen LogP contribution is 2.39. The lowest BCUT2D eigenvalue weighted by molar-refractivity contribution is -0.317. The van der Waals surface area contributed by atoms with Crippen LogP contribution in [0.4, 0.5) is 0 Å². The summed E-state index contributed by atoms with van der Waals surface area (Å²) < 4.78 is 37.4. The van der Waals surface area contributed by atoms with Gasteiger partial charge in [-0.1, -0.05) is 20.8 Å². The second-order valence-electron chi connectivity index (χ2n) is 16.7. The van der Waals surface area contributed by atoms with Gasteiger partial charge >= 0.3 is 5.97 Å². The first-order valence-corrected chi connectivity index (χ1v) is 18.8. The maximum Gasteiger partial charge on any atom is 0.311 e. The Morgan fingerprint density at radius 3 is 2.14 bits per heavy atom. The van der Waals surface area contributed by atoms with E-state index in [9.17, 15) is 30.3 Å². The zero-order chi connectivity index (χ0) is 38.8. The molecule has 3 fully saturated rings. The molecule has 0 aromatic rings. The Morgan fingerprint density at radius 1 is 0.941 bits per heavy atom. The molecule has 3 aliphatic rings. The van der Waals surface area contributed by atoms with Gasteiger partial charge < -0.3 is 64.2 Å². The first-order chi connectivity index (χ1) is 23.5. The third kappa shape index (κ3) is 10.2. The van der Waals surface area contributed by atoms with E-state index in [4.69, 9.17) is 28.4 Å². The third-order valence-corrected chi connectivity index (χ3v) is 11.7. The molecule has 3 saturated heterocycles. The van der Waals surface area contributed by atoms with Crippen LogP contribution in [0.15, 0.2) is 0 Å². The topological polar surface area (TPSA) is 189 Å². The van der Waals surface area contributed by atoms with Gasteiger partial charge in [0.05, 0.1) is 47.6 Å². The molecule has 7 unspecified atom stereocenters. The van der Waals surface area contributed by atoms with Gasteiger partial charge in [0.2, 0.25) is 0 Å². The molecule has 14 nitrogen and oxygen atoms in total. The van der Waals surface area contributed by atoms with E-state index in [-0.39, 0.29) is 37.5 Å². The number of carbonyl (C=O) groups is 1. The minimum atomic E-state index is -1.78. The van der Waals surface area contributed by atoms with Gasteiger partial charge in [0.25, 0.3) is 0 Å². The predicted molar refractivity (Wildman–Crippen MR) is 190 cm³/mol. The quantitative estimate of drug-likeness (QED) is 0.207. The van der Waals surface area contributed by atoms with Crippen molar-refractivity contribution in [2.75, 3.05) is 27.7 Å². The van der Waals surface area contributed by atoms with Crippen LogP contribution in [0.25, 0.3) is 0 Å². The van der Waals surface area contributed by atoms with Gasteiger partial charge in [-0.25, -0.2) is 0 Å². The molecule has 0 aromatic heterocycles. The predicted octanol–water partition coefficient (Wildman–Crippen LogP) is 1.56. The number of ether oxygens (including phenoxy) is 6. The molecule has 3 heterocycles. The van der Waals surface area contributed by atoms with E-state index in [1.165, 1.54) is 14.0 Å². The minimum Gasteiger partial charge on any atom is -0.459 e.